The normalized spacial score (nSPS) is 9.71. The van der Waals surface area contributed by atoms with Crippen molar-refractivity contribution in [3.63, 3.8) is 0 Å². The quantitative estimate of drug-likeness (QED) is 0.802. The minimum atomic E-state index is 0.619. The predicted octanol–water partition coefficient (Wildman–Crippen LogP) is 3.89. The first kappa shape index (κ1) is 11.5. The van der Waals surface area contributed by atoms with Gasteiger partial charge in [0.15, 0.2) is 0 Å². The molecule has 0 heterocycles. The Bertz CT molecular complexity index is 570. The monoisotopic (exact) mass is 243 g/mol. The van der Waals surface area contributed by atoms with Crippen molar-refractivity contribution in [1.29, 1.82) is 5.26 Å². The lowest BCUT2D eigenvalue weighted by Crippen LogP contribution is -1.88. The highest BCUT2D eigenvalue weighted by molar-refractivity contribution is 6.30. The molecule has 0 unspecified atom stereocenters. The summed E-state index contributed by atoms with van der Waals surface area (Å²) < 4.78 is 5.16. The molecule has 0 saturated heterocycles. The Hall–Kier alpha value is -1.98. The Labute approximate surface area is 105 Å². The van der Waals surface area contributed by atoms with Gasteiger partial charge in [0, 0.05) is 10.6 Å². The summed E-state index contributed by atoms with van der Waals surface area (Å²) in [6.45, 7) is 0. The highest BCUT2D eigenvalue weighted by atomic mass is 35.5. The van der Waals surface area contributed by atoms with Gasteiger partial charge in [-0.2, -0.15) is 5.26 Å². The van der Waals surface area contributed by atoms with E-state index in [9.17, 15) is 0 Å². The summed E-state index contributed by atoms with van der Waals surface area (Å²) in [7, 11) is 1.60. The highest BCUT2D eigenvalue weighted by Crippen LogP contribution is 2.28. The molecule has 2 nitrogen and oxygen atoms in total. The number of hydrogen-bond donors (Lipinski definition) is 0. The van der Waals surface area contributed by atoms with E-state index in [1.54, 1.807) is 31.4 Å². The molecule has 2 rings (SSSR count). The highest BCUT2D eigenvalue weighted by Gasteiger charge is 2.06. The number of halogens is 1. The Morgan fingerprint density at radius 2 is 1.82 bits per heavy atom. The number of nitriles is 1. The minimum Gasteiger partial charge on any atom is -0.497 e. The first-order valence-corrected chi connectivity index (χ1v) is 5.46. The van der Waals surface area contributed by atoms with Crippen LogP contribution in [0.4, 0.5) is 0 Å². The van der Waals surface area contributed by atoms with Crippen LogP contribution in [-0.2, 0) is 0 Å². The molecule has 2 aromatic carbocycles. The average molecular weight is 244 g/mol. The molecule has 0 spiro atoms. The standard InChI is InChI=1S/C14H10ClNO/c1-17-13-7-4-11(9-16)14(8-13)10-2-5-12(15)6-3-10/h2-8H,1H3. The molecular weight excluding hydrogens is 234 g/mol. The maximum Gasteiger partial charge on any atom is 0.119 e. The molecule has 0 N–H and O–H groups in total. The van der Waals surface area contributed by atoms with Crippen LogP contribution in [0, 0.1) is 11.3 Å². The van der Waals surface area contributed by atoms with Crippen molar-refractivity contribution < 1.29 is 4.74 Å². The second-order valence-corrected chi connectivity index (χ2v) is 3.97. The molecule has 0 aliphatic carbocycles. The van der Waals surface area contributed by atoms with Gasteiger partial charge in [0.2, 0.25) is 0 Å². The van der Waals surface area contributed by atoms with Gasteiger partial charge in [-0.15, -0.1) is 0 Å². The van der Waals surface area contributed by atoms with Crippen molar-refractivity contribution in [1.82, 2.24) is 0 Å². The van der Waals surface area contributed by atoms with Gasteiger partial charge in [-0.1, -0.05) is 23.7 Å². The van der Waals surface area contributed by atoms with E-state index in [4.69, 9.17) is 21.6 Å². The number of ether oxygens (including phenoxy) is 1. The van der Waals surface area contributed by atoms with Gasteiger partial charge in [0.05, 0.1) is 18.7 Å². The van der Waals surface area contributed by atoms with Crippen molar-refractivity contribution >= 4 is 11.6 Å². The average Bonchev–Trinajstić information content (AvgIpc) is 2.39. The molecule has 0 aliphatic heterocycles. The summed E-state index contributed by atoms with van der Waals surface area (Å²) in [5.41, 5.74) is 2.42. The van der Waals surface area contributed by atoms with Crippen LogP contribution in [0.1, 0.15) is 5.56 Å². The lowest BCUT2D eigenvalue weighted by atomic mass is 10.0. The lowest BCUT2D eigenvalue weighted by molar-refractivity contribution is 0.415. The second-order valence-electron chi connectivity index (χ2n) is 3.53. The predicted molar refractivity (Wildman–Crippen MR) is 68.2 cm³/mol. The van der Waals surface area contributed by atoms with E-state index in [0.717, 1.165) is 16.9 Å². The fraction of sp³-hybridized carbons (Fsp3) is 0.0714. The number of rotatable bonds is 2. The van der Waals surface area contributed by atoms with Gasteiger partial charge in [0.1, 0.15) is 5.75 Å². The zero-order valence-corrected chi connectivity index (χ0v) is 10.0. The van der Waals surface area contributed by atoms with Gasteiger partial charge in [0.25, 0.3) is 0 Å². The van der Waals surface area contributed by atoms with Crippen LogP contribution in [0.3, 0.4) is 0 Å². The van der Waals surface area contributed by atoms with Crippen molar-refractivity contribution in [2.75, 3.05) is 7.11 Å². The Morgan fingerprint density at radius 1 is 1.12 bits per heavy atom. The summed E-state index contributed by atoms with van der Waals surface area (Å²) >= 11 is 5.84. The van der Waals surface area contributed by atoms with E-state index < -0.39 is 0 Å². The van der Waals surface area contributed by atoms with Crippen LogP contribution in [0.5, 0.6) is 5.75 Å². The Kier molecular flexibility index (Phi) is 3.32. The third-order valence-electron chi connectivity index (χ3n) is 2.50. The molecule has 0 fully saturated rings. The third kappa shape index (κ3) is 2.41. The first-order chi connectivity index (χ1) is 8.24. The first-order valence-electron chi connectivity index (χ1n) is 5.08. The fourth-order valence-corrected chi connectivity index (χ4v) is 1.74. The summed E-state index contributed by atoms with van der Waals surface area (Å²) in [6.07, 6.45) is 0. The van der Waals surface area contributed by atoms with E-state index in [1.165, 1.54) is 0 Å². The van der Waals surface area contributed by atoms with Crippen LogP contribution in [0.2, 0.25) is 5.02 Å². The molecule has 0 radical (unpaired) electrons. The molecule has 0 aliphatic rings. The Balaban J connectivity index is 2.56. The van der Waals surface area contributed by atoms with Crippen molar-refractivity contribution in [3.05, 3.63) is 53.1 Å². The molecule has 0 saturated carbocycles. The summed E-state index contributed by atoms with van der Waals surface area (Å²) in [4.78, 5) is 0. The van der Waals surface area contributed by atoms with Crippen LogP contribution in [0.25, 0.3) is 11.1 Å². The minimum absolute atomic E-state index is 0.619. The van der Waals surface area contributed by atoms with E-state index >= 15 is 0 Å². The maximum absolute atomic E-state index is 9.08. The molecule has 0 aromatic heterocycles. The fourth-order valence-electron chi connectivity index (χ4n) is 1.62. The molecule has 3 heteroatoms. The van der Waals surface area contributed by atoms with Gasteiger partial charge < -0.3 is 4.74 Å². The molecular formula is C14H10ClNO. The van der Waals surface area contributed by atoms with Crippen molar-refractivity contribution in [2.24, 2.45) is 0 Å². The summed E-state index contributed by atoms with van der Waals surface area (Å²) in [6, 6.07) is 14.9. The largest absolute Gasteiger partial charge is 0.497 e. The Morgan fingerprint density at radius 3 is 2.41 bits per heavy atom. The smallest absolute Gasteiger partial charge is 0.119 e. The molecule has 84 valence electrons. The molecule has 17 heavy (non-hydrogen) atoms. The summed E-state index contributed by atoms with van der Waals surface area (Å²) in [5.74, 6) is 0.731. The number of benzene rings is 2. The van der Waals surface area contributed by atoms with Crippen LogP contribution < -0.4 is 4.74 Å². The molecule has 2 aromatic rings. The van der Waals surface area contributed by atoms with Gasteiger partial charge in [-0.05, 0) is 35.9 Å². The zero-order valence-electron chi connectivity index (χ0n) is 9.27. The van der Waals surface area contributed by atoms with Crippen molar-refractivity contribution in [3.8, 4) is 22.9 Å². The van der Waals surface area contributed by atoms with Crippen molar-refractivity contribution in [2.45, 2.75) is 0 Å². The molecule has 0 amide bonds. The van der Waals surface area contributed by atoms with Crippen LogP contribution in [-0.4, -0.2) is 7.11 Å². The number of nitrogens with zero attached hydrogens (tertiary/aromatic N) is 1. The van der Waals surface area contributed by atoms with E-state index in [-0.39, 0.29) is 0 Å². The number of methoxy groups -OCH3 is 1. The zero-order chi connectivity index (χ0) is 12.3. The molecule has 0 bridgehead atoms. The van der Waals surface area contributed by atoms with E-state index in [1.807, 2.05) is 18.2 Å². The second kappa shape index (κ2) is 4.90. The van der Waals surface area contributed by atoms with Gasteiger partial charge in [-0.3, -0.25) is 0 Å². The third-order valence-corrected chi connectivity index (χ3v) is 2.75. The summed E-state index contributed by atoms with van der Waals surface area (Å²) in [5, 5.41) is 9.76. The van der Waals surface area contributed by atoms with Gasteiger partial charge in [-0.25, -0.2) is 0 Å². The molecule has 0 atom stereocenters. The van der Waals surface area contributed by atoms with E-state index in [0.29, 0.717) is 10.6 Å². The SMILES string of the molecule is COc1ccc(C#N)c(-c2ccc(Cl)cc2)c1. The van der Waals surface area contributed by atoms with Crippen LogP contribution in [0.15, 0.2) is 42.5 Å². The van der Waals surface area contributed by atoms with Gasteiger partial charge >= 0.3 is 0 Å². The van der Waals surface area contributed by atoms with Crippen LogP contribution >= 0.6 is 11.6 Å². The number of hydrogen-bond acceptors (Lipinski definition) is 2. The topological polar surface area (TPSA) is 33.0 Å². The maximum atomic E-state index is 9.08. The van der Waals surface area contributed by atoms with E-state index in [2.05, 4.69) is 6.07 Å². The lowest BCUT2D eigenvalue weighted by Gasteiger charge is -2.07.